The van der Waals surface area contributed by atoms with Crippen molar-refractivity contribution in [3.8, 4) is 11.5 Å². The van der Waals surface area contributed by atoms with Crippen LogP contribution < -0.4 is 14.9 Å². The Labute approximate surface area is 168 Å². The lowest BCUT2D eigenvalue weighted by molar-refractivity contribution is 0.0952. The third-order valence-corrected chi connectivity index (χ3v) is 4.83. The minimum atomic E-state index is -0.356. The third kappa shape index (κ3) is 3.62. The zero-order valence-corrected chi connectivity index (χ0v) is 16.2. The van der Waals surface area contributed by atoms with Crippen LogP contribution in [-0.2, 0) is 0 Å². The quantitative estimate of drug-likeness (QED) is 0.306. The smallest absolute Gasteiger partial charge is 0.275 e. The molecule has 0 bridgehead atoms. The molecule has 0 aliphatic rings. The average molecular weight is 384 g/mol. The van der Waals surface area contributed by atoms with Gasteiger partial charge in [0.05, 0.1) is 26.0 Å². The lowest BCUT2D eigenvalue weighted by atomic mass is 9.97. The molecular formula is C24H20N2O3. The summed E-state index contributed by atoms with van der Waals surface area (Å²) in [4.78, 5) is 12.6. The van der Waals surface area contributed by atoms with E-state index < -0.39 is 0 Å². The summed E-state index contributed by atoms with van der Waals surface area (Å²) in [6.45, 7) is 0. The first kappa shape index (κ1) is 18.5. The molecule has 0 spiro atoms. The van der Waals surface area contributed by atoms with Crippen molar-refractivity contribution in [2.45, 2.75) is 0 Å². The van der Waals surface area contributed by atoms with Gasteiger partial charge in [0.1, 0.15) is 11.5 Å². The number of hydrogen-bond acceptors (Lipinski definition) is 4. The molecule has 0 atom stereocenters. The Morgan fingerprint density at radius 3 is 2.14 bits per heavy atom. The van der Waals surface area contributed by atoms with Crippen LogP contribution >= 0.6 is 0 Å². The van der Waals surface area contributed by atoms with Crippen LogP contribution in [0, 0.1) is 0 Å². The van der Waals surface area contributed by atoms with E-state index in [0.29, 0.717) is 17.1 Å². The van der Waals surface area contributed by atoms with Gasteiger partial charge >= 0.3 is 0 Å². The number of benzene rings is 4. The van der Waals surface area contributed by atoms with Crippen LogP contribution in [0.3, 0.4) is 0 Å². The number of fused-ring (bicyclic) bond motifs is 2. The highest BCUT2D eigenvalue weighted by Crippen LogP contribution is 2.27. The van der Waals surface area contributed by atoms with Crippen molar-refractivity contribution in [1.82, 2.24) is 5.43 Å². The standard InChI is InChI=1S/C24H20N2O3/c1-28-18-11-12-21(23(14-18)29-2)24(27)26-25-15-22-19-9-5-3-7-16(19)13-17-8-4-6-10-20(17)22/h3-15H,1-2H3,(H,26,27). The van der Waals surface area contributed by atoms with Crippen molar-refractivity contribution >= 4 is 33.7 Å². The van der Waals surface area contributed by atoms with Gasteiger partial charge in [-0.1, -0.05) is 48.5 Å². The molecule has 4 aromatic carbocycles. The molecule has 4 rings (SSSR count). The molecule has 0 fully saturated rings. The molecule has 0 aliphatic carbocycles. The number of amides is 1. The van der Waals surface area contributed by atoms with Crippen LogP contribution in [-0.4, -0.2) is 26.3 Å². The number of hydrazone groups is 1. The monoisotopic (exact) mass is 384 g/mol. The summed E-state index contributed by atoms with van der Waals surface area (Å²) in [7, 11) is 3.07. The van der Waals surface area contributed by atoms with Gasteiger partial charge in [-0.25, -0.2) is 5.43 Å². The highest BCUT2D eigenvalue weighted by Gasteiger charge is 2.13. The molecule has 0 radical (unpaired) electrons. The van der Waals surface area contributed by atoms with E-state index in [1.165, 1.54) is 7.11 Å². The fourth-order valence-electron chi connectivity index (χ4n) is 3.39. The second kappa shape index (κ2) is 8.02. The molecule has 0 heterocycles. The molecule has 5 heteroatoms. The maximum atomic E-state index is 12.6. The Morgan fingerprint density at radius 1 is 0.862 bits per heavy atom. The summed E-state index contributed by atoms with van der Waals surface area (Å²) in [5.41, 5.74) is 3.94. The molecule has 0 saturated heterocycles. The molecular weight excluding hydrogens is 364 g/mol. The molecule has 0 unspecified atom stereocenters. The predicted octanol–water partition coefficient (Wildman–Crippen LogP) is 4.77. The molecule has 4 aromatic rings. The highest BCUT2D eigenvalue weighted by molar-refractivity contribution is 6.13. The largest absolute Gasteiger partial charge is 0.497 e. The molecule has 0 aliphatic heterocycles. The molecule has 29 heavy (non-hydrogen) atoms. The second-order valence-corrected chi connectivity index (χ2v) is 6.50. The number of ether oxygens (including phenoxy) is 2. The van der Waals surface area contributed by atoms with Crippen LogP contribution in [0.25, 0.3) is 21.5 Å². The zero-order valence-electron chi connectivity index (χ0n) is 16.2. The Balaban J connectivity index is 1.68. The number of hydrogen-bond donors (Lipinski definition) is 1. The van der Waals surface area contributed by atoms with Crippen molar-refractivity contribution in [3.05, 3.63) is 83.9 Å². The van der Waals surface area contributed by atoms with E-state index in [0.717, 1.165) is 27.1 Å². The first-order valence-electron chi connectivity index (χ1n) is 9.17. The van der Waals surface area contributed by atoms with Crippen LogP contribution in [0.2, 0.25) is 0 Å². The van der Waals surface area contributed by atoms with E-state index in [1.54, 1.807) is 31.5 Å². The number of nitrogens with zero attached hydrogens (tertiary/aromatic N) is 1. The Kier molecular flexibility index (Phi) is 5.12. The van der Waals surface area contributed by atoms with Crippen molar-refractivity contribution in [1.29, 1.82) is 0 Å². The minimum Gasteiger partial charge on any atom is -0.497 e. The van der Waals surface area contributed by atoms with Crippen LogP contribution in [0.15, 0.2) is 77.9 Å². The van der Waals surface area contributed by atoms with Gasteiger partial charge in [-0.2, -0.15) is 5.10 Å². The molecule has 5 nitrogen and oxygen atoms in total. The van der Waals surface area contributed by atoms with Crippen molar-refractivity contribution < 1.29 is 14.3 Å². The van der Waals surface area contributed by atoms with Crippen molar-refractivity contribution in [2.24, 2.45) is 5.10 Å². The topological polar surface area (TPSA) is 59.9 Å². The summed E-state index contributed by atoms with van der Waals surface area (Å²) in [6, 6.07) is 23.4. The first-order chi connectivity index (χ1) is 14.2. The van der Waals surface area contributed by atoms with E-state index in [1.807, 2.05) is 24.3 Å². The first-order valence-corrected chi connectivity index (χ1v) is 9.17. The summed E-state index contributed by atoms with van der Waals surface area (Å²) in [5.74, 6) is 0.682. The van der Waals surface area contributed by atoms with Crippen LogP contribution in [0.1, 0.15) is 15.9 Å². The normalized spacial score (nSPS) is 11.1. The predicted molar refractivity (Wildman–Crippen MR) is 116 cm³/mol. The SMILES string of the molecule is COc1ccc(C(=O)NN=Cc2c3ccccc3cc3ccccc23)c(OC)c1. The van der Waals surface area contributed by atoms with Gasteiger partial charge in [-0.05, 0) is 39.7 Å². The maximum absolute atomic E-state index is 12.6. The second-order valence-electron chi connectivity index (χ2n) is 6.50. The third-order valence-electron chi connectivity index (χ3n) is 4.83. The molecule has 144 valence electrons. The summed E-state index contributed by atoms with van der Waals surface area (Å²) in [5, 5.41) is 8.62. The van der Waals surface area contributed by atoms with Crippen LogP contribution in [0.4, 0.5) is 0 Å². The summed E-state index contributed by atoms with van der Waals surface area (Å²) >= 11 is 0. The number of carbonyl (C=O) groups excluding carboxylic acids is 1. The molecule has 0 aromatic heterocycles. The Bertz CT molecular complexity index is 1180. The number of nitrogens with one attached hydrogen (secondary N) is 1. The Hall–Kier alpha value is -3.86. The lowest BCUT2D eigenvalue weighted by Crippen LogP contribution is -2.18. The van der Waals surface area contributed by atoms with Gasteiger partial charge in [-0.15, -0.1) is 0 Å². The van der Waals surface area contributed by atoms with E-state index >= 15 is 0 Å². The Morgan fingerprint density at radius 2 is 1.52 bits per heavy atom. The van der Waals surface area contributed by atoms with Crippen molar-refractivity contribution in [2.75, 3.05) is 14.2 Å². The van der Waals surface area contributed by atoms with E-state index in [-0.39, 0.29) is 5.91 Å². The fraction of sp³-hybridized carbons (Fsp3) is 0.0833. The number of rotatable bonds is 5. The zero-order chi connectivity index (χ0) is 20.2. The van der Waals surface area contributed by atoms with Gasteiger partial charge in [-0.3, -0.25) is 4.79 Å². The summed E-state index contributed by atoms with van der Waals surface area (Å²) < 4.78 is 10.5. The minimum absolute atomic E-state index is 0.356. The number of methoxy groups -OCH3 is 2. The molecule has 1 amide bonds. The van der Waals surface area contributed by atoms with Gasteiger partial charge in [0.25, 0.3) is 5.91 Å². The van der Waals surface area contributed by atoms with Gasteiger partial charge in [0.2, 0.25) is 0 Å². The average Bonchev–Trinajstić information content (AvgIpc) is 2.77. The molecule has 0 saturated carbocycles. The van der Waals surface area contributed by atoms with E-state index in [2.05, 4.69) is 40.9 Å². The maximum Gasteiger partial charge on any atom is 0.275 e. The molecule has 1 N–H and O–H groups in total. The van der Waals surface area contributed by atoms with Gasteiger partial charge in [0.15, 0.2) is 0 Å². The summed E-state index contributed by atoms with van der Waals surface area (Å²) in [6.07, 6.45) is 1.69. The van der Waals surface area contributed by atoms with Gasteiger partial charge < -0.3 is 9.47 Å². The lowest BCUT2D eigenvalue weighted by Gasteiger charge is -2.09. The van der Waals surface area contributed by atoms with Crippen molar-refractivity contribution in [3.63, 3.8) is 0 Å². The number of carbonyl (C=O) groups is 1. The van der Waals surface area contributed by atoms with Crippen LogP contribution in [0.5, 0.6) is 11.5 Å². The highest BCUT2D eigenvalue weighted by atomic mass is 16.5. The van der Waals surface area contributed by atoms with Gasteiger partial charge in [0, 0.05) is 11.6 Å². The van der Waals surface area contributed by atoms with E-state index in [9.17, 15) is 4.79 Å². The van der Waals surface area contributed by atoms with E-state index in [4.69, 9.17) is 9.47 Å². The fourth-order valence-corrected chi connectivity index (χ4v) is 3.39.